The number of aliphatic hydroxyl groups excluding tert-OH is 2. The van der Waals surface area contributed by atoms with Crippen LogP contribution in [-0.4, -0.2) is 58.5 Å². The molecule has 0 bridgehead atoms. The van der Waals surface area contributed by atoms with Crippen molar-refractivity contribution in [2.45, 2.75) is 37.0 Å². The molecule has 4 atom stereocenters. The smallest absolute Gasteiger partial charge is 0.251 e. The topological polar surface area (TPSA) is 82.0 Å². The molecule has 1 amide bonds. The molecule has 4 aromatic rings. The van der Waals surface area contributed by atoms with Crippen LogP contribution in [0.1, 0.15) is 33.1 Å². The van der Waals surface area contributed by atoms with Crippen LogP contribution in [0.4, 0.5) is 0 Å². The predicted molar refractivity (Wildman–Crippen MR) is 151 cm³/mol. The lowest BCUT2D eigenvalue weighted by Crippen LogP contribution is -2.65. The van der Waals surface area contributed by atoms with Gasteiger partial charge in [-0.2, -0.15) is 0 Å². The van der Waals surface area contributed by atoms with Gasteiger partial charge in [-0.1, -0.05) is 109 Å². The summed E-state index contributed by atoms with van der Waals surface area (Å²) in [5, 5.41) is 26.0. The second-order valence-electron chi connectivity index (χ2n) is 9.88. The number of hydrogen-bond acceptors (Lipinski definition) is 5. The molecule has 0 aromatic heterocycles. The summed E-state index contributed by atoms with van der Waals surface area (Å²) in [6, 6.07) is 38.0. The van der Waals surface area contributed by atoms with Crippen molar-refractivity contribution in [2.24, 2.45) is 0 Å². The largest absolute Gasteiger partial charge is 0.389 e. The molecule has 1 aliphatic heterocycles. The van der Waals surface area contributed by atoms with E-state index >= 15 is 0 Å². The first kappa shape index (κ1) is 26.8. The second kappa shape index (κ2) is 12.8. The van der Waals surface area contributed by atoms with Crippen LogP contribution >= 0.6 is 0 Å². The van der Waals surface area contributed by atoms with E-state index in [1.54, 1.807) is 12.1 Å². The molecule has 1 saturated heterocycles. The molecule has 5 rings (SSSR count). The summed E-state index contributed by atoms with van der Waals surface area (Å²) < 4.78 is 6.12. The van der Waals surface area contributed by atoms with Crippen molar-refractivity contribution in [2.75, 3.05) is 13.1 Å². The SMILES string of the molecule is O=C(NC[C@H]1[C@@H](O)[C@H](OCc2ccccc2)[C@@H](O)CN1C(c1ccccc1)c1ccccc1)c1ccccc1. The highest BCUT2D eigenvalue weighted by Gasteiger charge is 2.46. The fourth-order valence-electron chi connectivity index (χ4n) is 5.34. The maximum Gasteiger partial charge on any atom is 0.251 e. The maximum atomic E-state index is 13.0. The monoisotopic (exact) mass is 522 g/mol. The zero-order chi connectivity index (χ0) is 27.0. The van der Waals surface area contributed by atoms with Crippen molar-refractivity contribution < 1.29 is 19.7 Å². The summed E-state index contributed by atoms with van der Waals surface area (Å²) in [5.41, 5.74) is 3.57. The quantitative estimate of drug-likeness (QED) is 0.307. The van der Waals surface area contributed by atoms with Crippen LogP contribution in [0.25, 0.3) is 0 Å². The van der Waals surface area contributed by atoms with Gasteiger partial charge in [0.1, 0.15) is 6.10 Å². The minimum absolute atomic E-state index is 0.184. The summed E-state index contributed by atoms with van der Waals surface area (Å²) in [6.07, 6.45) is -2.80. The van der Waals surface area contributed by atoms with Crippen molar-refractivity contribution >= 4 is 5.91 Å². The average molecular weight is 523 g/mol. The van der Waals surface area contributed by atoms with Crippen LogP contribution in [0.2, 0.25) is 0 Å². The molecule has 0 spiro atoms. The fraction of sp³-hybridized carbons (Fsp3) is 0.242. The zero-order valence-corrected chi connectivity index (χ0v) is 21.7. The van der Waals surface area contributed by atoms with E-state index in [1.165, 1.54) is 0 Å². The van der Waals surface area contributed by atoms with Crippen LogP contribution in [-0.2, 0) is 11.3 Å². The molecule has 0 saturated carbocycles. The van der Waals surface area contributed by atoms with E-state index in [1.807, 2.05) is 109 Å². The molecule has 0 aliphatic carbocycles. The number of rotatable bonds is 9. The number of likely N-dealkylation sites (tertiary alicyclic amines) is 1. The summed E-state index contributed by atoms with van der Waals surface area (Å²) in [6.45, 7) is 0.712. The molecule has 1 fully saturated rings. The number of amides is 1. The third-order valence-corrected chi connectivity index (χ3v) is 7.29. The Balaban J connectivity index is 1.45. The standard InChI is InChI=1S/C33H34N2O4/c36-29-22-35(30(25-15-7-2-8-16-25)26-17-9-3-10-18-26)28(21-34-33(38)27-19-11-4-12-20-27)31(37)32(29)39-23-24-13-5-1-6-14-24/h1-20,28-32,36-37H,21-23H2,(H,34,38)/t28-,29-,31+,32+/m0/s1. The van der Waals surface area contributed by atoms with E-state index in [0.29, 0.717) is 5.56 Å². The number of nitrogens with zero attached hydrogens (tertiary/aromatic N) is 1. The fourth-order valence-corrected chi connectivity index (χ4v) is 5.34. The van der Waals surface area contributed by atoms with Crippen molar-refractivity contribution in [3.8, 4) is 0 Å². The summed E-state index contributed by atoms with van der Waals surface area (Å²) >= 11 is 0. The van der Waals surface area contributed by atoms with Crippen molar-refractivity contribution in [3.05, 3.63) is 144 Å². The molecule has 6 heteroatoms. The summed E-state index contributed by atoms with van der Waals surface area (Å²) in [4.78, 5) is 15.1. The van der Waals surface area contributed by atoms with Gasteiger partial charge >= 0.3 is 0 Å². The molecular weight excluding hydrogens is 488 g/mol. The Labute approximate surface area is 229 Å². The lowest BCUT2D eigenvalue weighted by Gasteiger charge is -2.48. The Hall–Kier alpha value is -3.81. The zero-order valence-electron chi connectivity index (χ0n) is 21.7. The van der Waals surface area contributed by atoms with Crippen LogP contribution < -0.4 is 5.32 Å². The van der Waals surface area contributed by atoms with Crippen LogP contribution in [0, 0.1) is 0 Å². The highest BCUT2D eigenvalue weighted by Crippen LogP contribution is 2.35. The molecule has 3 N–H and O–H groups in total. The Morgan fingerprint density at radius 2 is 1.31 bits per heavy atom. The van der Waals surface area contributed by atoms with Gasteiger partial charge in [-0.05, 0) is 28.8 Å². The Kier molecular flexibility index (Phi) is 8.81. The van der Waals surface area contributed by atoms with Crippen molar-refractivity contribution in [1.82, 2.24) is 10.2 Å². The summed E-state index contributed by atoms with van der Waals surface area (Å²) in [7, 11) is 0. The number of nitrogens with one attached hydrogen (secondary N) is 1. The first-order chi connectivity index (χ1) is 19.1. The van der Waals surface area contributed by atoms with Gasteiger partial charge in [0.15, 0.2) is 0 Å². The third-order valence-electron chi connectivity index (χ3n) is 7.29. The van der Waals surface area contributed by atoms with Gasteiger partial charge in [0.25, 0.3) is 5.91 Å². The molecule has 4 aromatic carbocycles. The Morgan fingerprint density at radius 1 is 0.795 bits per heavy atom. The summed E-state index contributed by atoms with van der Waals surface area (Å²) in [5.74, 6) is -0.216. The van der Waals surface area contributed by atoms with E-state index in [2.05, 4.69) is 10.2 Å². The lowest BCUT2D eigenvalue weighted by atomic mass is 9.87. The second-order valence-corrected chi connectivity index (χ2v) is 9.88. The number of hydrogen-bond donors (Lipinski definition) is 3. The van der Waals surface area contributed by atoms with Crippen LogP contribution in [0.3, 0.4) is 0 Å². The lowest BCUT2D eigenvalue weighted by molar-refractivity contribution is -0.170. The van der Waals surface area contributed by atoms with Crippen LogP contribution in [0.5, 0.6) is 0 Å². The van der Waals surface area contributed by atoms with E-state index in [0.717, 1.165) is 16.7 Å². The predicted octanol–water partition coefficient (Wildman–Crippen LogP) is 4.20. The highest BCUT2D eigenvalue weighted by atomic mass is 16.5. The van der Waals surface area contributed by atoms with Crippen molar-refractivity contribution in [1.29, 1.82) is 0 Å². The van der Waals surface area contributed by atoms with E-state index in [4.69, 9.17) is 4.74 Å². The normalized spacial score (nSPS) is 21.5. The average Bonchev–Trinajstić information content (AvgIpc) is 2.99. The van der Waals surface area contributed by atoms with E-state index in [-0.39, 0.29) is 31.6 Å². The number of piperidine rings is 1. The van der Waals surface area contributed by atoms with Crippen molar-refractivity contribution in [3.63, 3.8) is 0 Å². The minimum Gasteiger partial charge on any atom is -0.389 e. The highest BCUT2D eigenvalue weighted by molar-refractivity contribution is 5.94. The number of aliphatic hydroxyl groups is 2. The number of carbonyl (C=O) groups excluding carboxylic acids is 1. The van der Waals surface area contributed by atoms with Crippen LogP contribution in [0.15, 0.2) is 121 Å². The van der Waals surface area contributed by atoms with Gasteiger partial charge in [0.05, 0.1) is 30.9 Å². The number of carbonyl (C=O) groups is 1. The number of β-amino-alcohol motifs (C(OH)–C–C–N with tert-alkyl or cyclic N) is 1. The molecule has 200 valence electrons. The molecule has 0 radical (unpaired) electrons. The van der Waals surface area contributed by atoms with Gasteiger partial charge in [-0.15, -0.1) is 0 Å². The molecule has 39 heavy (non-hydrogen) atoms. The van der Waals surface area contributed by atoms with E-state index < -0.39 is 24.4 Å². The van der Waals surface area contributed by atoms with E-state index in [9.17, 15) is 15.0 Å². The van der Waals surface area contributed by atoms with Gasteiger partial charge in [0, 0.05) is 18.7 Å². The number of benzene rings is 4. The third kappa shape index (κ3) is 6.44. The Morgan fingerprint density at radius 3 is 1.87 bits per heavy atom. The molecule has 1 aliphatic rings. The molecule has 6 nitrogen and oxygen atoms in total. The van der Waals surface area contributed by atoms with Gasteiger partial charge in [0.2, 0.25) is 0 Å². The Bertz CT molecular complexity index is 1270. The van der Waals surface area contributed by atoms with Gasteiger partial charge < -0.3 is 20.3 Å². The molecule has 0 unspecified atom stereocenters. The molecule has 1 heterocycles. The maximum absolute atomic E-state index is 13.0. The van der Waals surface area contributed by atoms with Gasteiger partial charge in [-0.25, -0.2) is 0 Å². The van der Waals surface area contributed by atoms with Gasteiger partial charge in [-0.3, -0.25) is 9.69 Å². The minimum atomic E-state index is -1.05. The molecular formula is C33H34N2O4. The first-order valence-electron chi connectivity index (χ1n) is 13.3. The first-order valence-corrected chi connectivity index (χ1v) is 13.3. The number of ether oxygens (including phenoxy) is 1.